The molecule has 1 atom stereocenters. The Labute approximate surface area is 103 Å². The molecule has 0 saturated heterocycles. The lowest BCUT2D eigenvalue weighted by atomic mass is 10.0. The highest BCUT2D eigenvalue weighted by Gasteiger charge is 2.15. The summed E-state index contributed by atoms with van der Waals surface area (Å²) in [6.07, 6.45) is 3.62. The third-order valence-electron chi connectivity index (χ3n) is 2.64. The Morgan fingerprint density at radius 3 is 2.29 bits per heavy atom. The van der Waals surface area contributed by atoms with E-state index in [-0.39, 0.29) is 18.2 Å². The molecule has 0 spiro atoms. The fourth-order valence-corrected chi connectivity index (χ4v) is 1.39. The van der Waals surface area contributed by atoms with E-state index in [0.717, 1.165) is 19.3 Å². The van der Waals surface area contributed by atoms with Gasteiger partial charge in [-0.1, -0.05) is 26.7 Å². The number of amides is 1. The van der Waals surface area contributed by atoms with Crippen LogP contribution >= 0.6 is 0 Å². The van der Waals surface area contributed by atoms with Crippen LogP contribution in [0.3, 0.4) is 0 Å². The predicted octanol–water partition coefficient (Wildman–Crippen LogP) is 1.12. The average molecular weight is 244 g/mol. The number of carboxylic acids is 1. The van der Waals surface area contributed by atoms with E-state index < -0.39 is 12.0 Å². The van der Waals surface area contributed by atoms with E-state index in [0.29, 0.717) is 13.0 Å². The average Bonchev–Trinajstić information content (AvgIpc) is 2.25. The van der Waals surface area contributed by atoms with E-state index in [4.69, 9.17) is 10.8 Å². The Kier molecular flexibility index (Phi) is 8.40. The van der Waals surface area contributed by atoms with Crippen LogP contribution in [0.25, 0.3) is 0 Å². The zero-order chi connectivity index (χ0) is 13.3. The zero-order valence-electron chi connectivity index (χ0n) is 10.7. The standard InChI is InChI=1S/C12H24N2O3/c1-9(2)11(13)12(17)14-8-6-4-3-5-7-10(15)16/h9,11H,3-8,13H2,1-2H3,(H,14,17)(H,15,16)/t11-/m0/s1. The van der Waals surface area contributed by atoms with Crippen molar-refractivity contribution < 1.29 is 14.7 Å². The summed E-state index contributed by atoms with van der Waals surface area (Å²) in [4.78, 5) is 21.7. The number of nitrogens with one attached hydrogen (secondary N) is 1. The van der Waals surface area contributed by atoms with Gasteiger partial charge in [0.25, 0.3) is 0 Å². The molecule has 0 radical (unpaired) electrons. The van der Waals surface area contributed by atoms with Gasteiger partial charge in [0.2, 0.25) is 5.91 Å². The second-order valence-electron chi connectivity index (χ2n) is 4.62. The largest absolute Gasteiger partial charge is 0.481 e. The molecule has 100 valence electrons. The number of carboxylic acid groups (broad SMARTS) is 1. The molecule has 0 bridgehead atoms. The Hall–Kier alpha value is -1.10. The number of unbranched alkanes of at least 4 members (excludes halogenated alkanes) is 3. The molecule has 5 nitrogen and oxygen atoms in total. The molecule has 1 amide bonds. The van der Waals surface area contributed by atoms with Crippen LogP contribution in [0.5, 0.6) is 0 Å². The van der Waals surface area contributed by atoms with Gasteiger partial charge in [0.05, 0.1) is 6.04 Å². The molecule has 4 N–H and O–H groups in total. The zero-order valence-corrected chi connectivity index (χ0v) is 10.7. The summed E-state index contributed by atoms with van der Waals surface area (Å²) in [7, 11) is 0. The third kappa shape index (κ3) is 8.68. The van der Waals surface area contributed by atoms with Crippen molar-refractivity contribution in [2.45, 2.75) is 52.0 Å². The fourth-order valence-electron chi connectivity index (χ4n) is 1.39. The molecule has 17 heavy (non-hydrogen) atoms. The molecule has 0 aliphatic carbocycles. The molecule has 0 aliphatic heterocycles. The number of aliphatic carboxylic acids is 1. The summed E-state index contributed by atoms with van der Waals surface area (Å²) in [5.74, 6) is -0.711. The van der Waals surface area contributed by atoms with Crippen LogP contribution in [0, 0.1) is 5.92 Å². The SMILES string of the molecule is CC(C)[C@H](N)C(=O)NCCCCCCC(=O)O. The van der Waals surface area contributed by atoms with E-state index in [1.54, 1.807) is 0 Å². The van der Waals surface area contributed by atoms with Crippen molar-refractivity contribution in [2.75, 3.05) is 6.54 Å². The lowest BCUT2D eigenvalue weighted by Gasteiger charge is -2.15. The maximum atomic E-state index is 11.4. The maximum absolute atomic E-state index is 11.4. The molecular formula is C12H24N2O3. The molecule has 0 heterocycles. The Bertz CT molecular complexity index is 242. The maximum Gasteiger partial charge on any atom is 0.303 e. The molecule has 0 aromatic rings. The van der Waals surface area contributed by atoms with Crippen molar-refractivity contribution in [1.29, 1.82) is 0 Å². The minimum atomic E-state index is -0.749. The second kappa shape index (κ2) is 8.98. The van der Waals surface area contributed by atoms with Gasteiger partial charge in [-0.25, -0.2) is 0 Å². The fraction of sp³-hybridized carbons (Fsp3) is 0.833. The number of carbonyl (C=O) groups is 2. The van der Waals surface area contributed by atoms with Gasteiger partial charge in [0.1, 0.15) is 0 Å². The predicted molar refractivity (Wildman–Crippen MR) is 66.5 cm³/mol. The van der Waals surface area contributed by atoms with E-state index >= 15 is 0 Å². The second-order valence-corrected chi connectivity index (χ2v) is 4.62. The summed E-state index contributed by atoms with van der Waals surface area (Å²) in [5.41, 5.74) is 5.68. The van der Waals surface area contributed by atoms with Gasteiger partial charge in [-0.2, -0.15) is 0 Å². The van der Waals surface area contributed by atoms with Crippen molar-refractivity contribution in [3.05, 3.63) is 0 Å². The van der Waals surface area contributed by atoms with E-state index in [1.807, 2.05) is 13.8 Å². The lowest BCUT2D eigenvalue weighted by molar-refractivity contribution is -0.137. The molecule has 0 unspecified atom stereocenters. The van der Waals surface area contributed by atoms with Gasteiger partial charge in [0.15, 0.2) is 0 Å². The third-order valence-corrected chi connectivity index (χ3v) is 2.64. The first-order valence-corrected chi connectivity index (χ1v) is 6.20. The van der Waals surface area contributed by atoms with Crippen molar-refractivity contribution >= 4 is 11.9 Å². The summed E-state index contributed by atoms with van der Waals surface area (Å²) >= 11 is 0. The first-order chi connectivity index (χ1) is 7.95. The quantitative estimate of drug-likeness (QED) is 0.530. The Balaban J connectivity index is 3.39. The molecule has 0 rings (SSSR count). The van der Waals surface area contributed by atoms with Crippen molar-refractivity contribution in [2.24, 2.45) is 11.7 Å². The monoisotopic (exact) mass is 244 g/mol. The number of hydrogen-bond donors (Lipinski definition) is 3. The van der Waals surface area contributed by atoms with Crippen LogP contribution in [0.4, 0.5) is 0 Å². The number of hydrogen-bond acceptors (Lipinski definition) is 3. The van der Waals surface area contributed by atoms with E-state index in [9.17, 15) is 9.59 Å². The van der Waals surface area contributed by atoms with Crippen molar-refractivity contribution in [1.82, 2.24) is 5.32 Å². The minimum absolute atomic E-state index is 0.106. The van der Waals surface area contributed by atoms with Gasteiger partial charge < -0.3 is 16.2 Å². The molecule has 5 heteroatoms. The van der Waals surface area contributed by atoms with Gasteiger partial charge in [-0.05, 0) is 18.8 Å². The summed E-state index contributed by atoms with van der Waals surface area (Å²) in [6.45, 7) is 4.44. The summed E-state index contributed by atoms with van der Waals surface area (Å²) in [5, 5.41) is 11.2. The lowest BCUT2D eigenvalue weighted by Crippen LogP contribution is -2.44. The summed E-state index contributed by atoms with van der Waals surface area (Å²) in [6, 6.07) is -0.443. The summed E-state index contributed by atoms with van der Waals surface area (Å²) < 4.78 is 0. The van der Waals surface area contributed by atoms with Crippen LogP contribution < -0.4 is 11.1 Å². The molecule has 0 fully saturated rings. The normalized spacial score (nSPS) is 12.5. The van der Waals surface area contributed by atoms with Crippen LogP contribution in [0.15, 0.2) is 0 Å². The van der Waals surface area contributed by atoms with Gasteiger partial charge in [0, 0.05) is 13.0 Å². The van der Waals surface area contributed by atoms with Gasteiger partial charge in [-0.15, -0.1) is 0 Å². The highest BCUT2D eigenvalue weighted by molar-refractivity contribution is 5.81. The van der Waals surface area contributed by atoms with Crippen LogP contribution in [0.1, 0.15) is 46.0 Å². The molecule has 0 saturated carbocycles. The topological polar surface area (TPSA) is 92.4 Å². The number of nitrogens with two attached hydrogens (primary N) is 1. The van der Waals surface area contributed by atoms with Crippen molar-refractivity contribution in [3.63, 3.8) is 0 Å². The number of rotatable bonds is 9. The van der Waals surface area contributed by atoms with Crippen LogP contribution in [-0.4, -0.2) is 29.6 Å². The molecule has 0 aromatic heterocycles. The molecular weight excluding hydrogens is 220 g/mol. The Morgan fingerprint density at radius 2 is 1.76 bits per heavy atom. The van der Waals surface area contributed by atoms with E-state index in [1.165, 1.54) is 0 Å². The molecule has 0 aromatic carbocycles. The Morgan fingerprint density at radius 1 is 1.18 bits per heavy atom. The van der Waals surface area contributed by atoms with Gasteiger partial charge >= 0.3 is 5.97 Å². The first kappa shape index (κ1) is 15.9. The number of carbonyl (C=O) groups excluding carboxylic acids is 1. The van der Waals surface area contributed by atoms with Crippen molar-refractivity contribution in [3.8, 4) is 0 Å². The van der Waals surface area contributed by atoms with Crippen LogP contribution in [0.2, 0.25) is 0 Å². The smallest absolute Gasteiger partial charge is 0.303 e. The van der Waals surface area contributed by atoms with Gasteiger partial charge in [-0.3, -0.25) is 9.59 Å². The highest BCUT2D eigenvalue weighted by Crippen LogP contribution is 2.02. The minimum Gasteiger partial charge on any atom is -0.481 e. The van der Waals surface area contributed by atoms with Crippen LogP contribution in [-0.2, 0) is 9.59 Å². The highest BCUT2D eigenvalue weighted by atomic mass is 16.4. The van der Waals surface area contributed by atoms with E-state index in [2.05, 4.69) is 5.32 Å². The molecule has 0 aliphatic rings. The first-order valence-electron chi connectivity index (χ1n) is 6.20.